The van der Waals surface area contributed by atoms with Crippen LogP contribution in [0.4, 0.5) is 0 Å². The minimum absolute atomic E-state index is 0.238. The fraction of sp³-hybridized carbons (Fsp3) is 0.115. The SMILES string of the molecule is CCOc1cc(/C=C2/SC(=S)N(NC(=O)c3ccccc3)C2=O)cc(Br)c1OCc1ccc(Cl)cc1. The molecule has 1 N–H and O–H groups in total. The first kappa shape index (κ1) is 26.2. The second kappa shape index (κ2) is 11.9. The zero-order valence-corrected chi connectivity index (χ0v) is 23.0. The van der Waals surface area contributed by atoms with Crippen LogP contribution in [0.2, 0.25) is 5.02 Å². The molecule has 1 aliphatic heterocycles. The van der Waals surface area contributed by atoms with Crippen molar-refractivity contribution in [2.45, 2.75) is 13.5 Å². The summed E-state index contributed by atoms with van der Waals surface area (Å²) in [5.41, 5.74) is 4.67. The highest BCUT2D eigenvalue weighted by molar-refractivity contribution is 9.10. The maximum atomic E-state index is 13.0. The smallest absolute Gasteiger partial charge is 0.285 e. The van der Waals surface area contributed by atoms with Crippen molar-refractivity contribution in [3.63, 3.8) is 0 Å². The van der Waals surface area contributed by atoms with Crippen molar-refractivity contribution in [3.05, 3.63) is 97.8 Å². The molecule has 1 aliphatic rings. The average molecular weight is 604 g/mol. The van der Waals surface area contributed by atoms with Crippen molar-refractivity contribution in [1.29, 1.82) is 0 Å². The van der Waals surface area contributed by atoms with Gasteiger partial charge in [-0.3, -0.25) is 15.0 Å². The Balaban J connectivity index is 1.53. The summed E-state index contributed by atoms with van der Waals surface area (Å²) in [5.74, 6) is 0.245. The number of amides is 2. The van der Waals surface area contributed by atoms with Gasteiger partial charge in [-0.1, -0.05) is 53.7 Å². The van der Waals surface area contributed by atoms with E-state index in [0.29, 0.717) is 50.2 Å². The van der Waals surface area contributed by atoms with Crippen LogP contribution in [0.25, 0.3) is 6.08 Å². The van der Waals surface area contributed by atoms with Crippen LogP contribution in [0.3, 0.4) is 0 Å². The standard InChI is InChI=1S/C26H20BrClN2O4S2/c1-2-33-21-13-17(12-20(27)23(21)34-15-16-8-10-19(28)11-9-16)14-22-25(32)30(26(35)36-22)29-24(31)18-6-4-3-5-7-18/h3-14H,2,15H2,1H3,(H,29,31)/b22-14+. The molecule has 0 saturated carbocycles. The Morgan fingerprint density at radius 1 is 1.14 bits per heavy atom. The Hall–Kier alpha value is -2.85. The Bertz CT molecular complexity index is 1330. The van der Waals surface area contributed by atoms with Gasteiger partial charge in [-0.25, -0.2) is 0 Å². The van der Waals surface area contributed by atoms with E-state index in [1.165, 1.54) is 0 Å². The zero-order chi connectivity index (χ0) is 25.7. The number of carbonyl (C=O) groups excluding carboxylic acids is 2. The van der Waals surface area contributed by atoms with Crippen molar-refractivity contribution >= 4 is 73.7 Å². The van der Waals surface area contributed by atoms with E-state index in [1.807, 2.05) is 31.2 Å². The van der Waals surface area contributed by atoms with Gasteiger partial charge in [0.05, 0.1) is 16.0 Å². The zero-order valence-electron chi connectivity index (χ0n) is 19.0. The predicted molar refractivity (Wildman–Crippen MR) is 150 cm³/mol. The largest absolute Gasteiger partial charge is 0.490 e. The van der Waals surface area contributed by atoms with Crippen molar-refractivity contribution in [1.82, 2.24) is 10.4 Å². The molecule has 2 amide bonds. The normalized spacial score (nSPS) is 14.3. The van der Waals surface area contributed by atoms with Crippen molar-refractivity contribution in [3.8, 4) is 11.5 Å². The van der Waals surface area contributed by atoms with Crippen LogP contribution >= 0.6 is 51.5 Å². The van der Waals surface area contributed by atoms with Gasteiger partial charge in [-0.15, -0.1) is 0 Å². The summed E-state index contributed by atoms with van der Waals surface area (Å²) in [6.45, 7) is 2.64. The molecule has 3 aromatic carbocycles. The number of thioether (sulfide) groups is 1. The number of nitrogens with zero attached hydrogens (tertiary/aromatic N) is 1. The molecule has 0 unspecified atom stereocenters. The first-order valence-electron chi connectivity index (χ1n) is 10.8. The molecule has 0 aromatic heterocycles. The number of ether oxygens (including phenoxy) is 2. The lowest BCUT2D eigenvalue weighted by molar-refractivity contribution is -0.123. The molecule has 0 atom stereocenters. The monoisotopic (exact) mass is 602 g/mol. The van der Waals surface area contributed by atoms with Gasteiger partial charge >= 0.3 is 0 Å². The minimum Gasteiger partial charge on any atom is -0.490 e. The van der Waals surface area contributed by atoms with Gasteiger partial charge in [-0.05, 0) is 88.7 Å². The Labute approximate surface area is 231 Å². The van der Waals surface area contributed by atoms with Crippen molar-refractivity contribution < 1.29 is 19.1 Å². The molecule has 3 aromatic rings. The molecule has 6 nitrogen and oxygen atoms in total. The highest BCUT2D eigenvalue weighted by atomic mass is 79.9. The highest BCUT2D eigenvalue weighted by Gasteiger charge is 2.34. The summed E-state index contributed by atoms with van der Waals surface area (Å²) in [6, 6.07) is 19.6. The molecule has 4 rings (SSSR count). The van der Waals surface area contributed by atoms with E-state index in [4.69, 9.17) is 33.3 Å². The molecule has 0 radical (unpaired) electrons. The molecular formula is C26H20BrClN2O4S2. The third kappa shape index (κ3) is 6.28. The third-order valence-corrected chi connectivity index (χ3v) is 7.11. The molecule has 1 fully saturated rings. The van der Waals surface area contributed by atoms with E-state index >= 15 is 0 Å². The van der Waals surface area contributed by atoms with Crippen molar-refractivity contribution in [2.75, 3.05) is 6.61 Å². The lowest BCUT2D eigenvalue weighted by Crippen LogP contribution is -2.44. The summed E-state index contributed by atoms with van der Waals surface area (Å²) < 4.78 is 12.7. The quantitative estimate of drug-likeness (QED) is 0.230. The van der Waals surface area contributed by atoms with Gasteiger partial charge < -0.3 is 9.47 Å². The highest BCUT2D eigenvalue weighted by Crippen LogP contribution is 2.39. The fourth-order valence-electron chi connectivity index (χ4n) is 3.28. The van der Waals surface area contributed by atoms with Crippen LogP contribution in [-0.4, -0.2) is 27.8 Å². The van der Waals surface area contributed by atoms with Gasteiger partial charge in [0.25, 0.3) is 11.8 Å². The van der Waals surface area contributed by atoms with E-state index in [1.54, 1.807) is 48.5 Å². The Morgan fingerprint density at radius 2 is 1.86 bits per heavy atom. The first-order valence-corrected chi connectivity index (χ1v) is 13.2. The van der Waals surface area contributed by atoms with Gasteiger partial charge in [-0.2, -0.15) is 5.01 Å². The first-order chi connectivity index (χ1) is 17.4. The van der Waals surface area contributed by atoms with Crippen LogP contribution in [0.15, 0.2) is 76.1 Å². The Morgan fingerprint density at radius 3 is 2.56 bits per heavy atom. The molecule has 0 spiro atoms. The summed E-state index contributed by atoms with van der Waals surface area (Å²) in [4.78, 5) is 25.9. The number of nitrogens with one attached hydrogen (secondary N) is 1. The van der Waals surface area contributed by atoms with Gasteiger partial charge in [0.1, 0.15) is 6.61 Å². The lowest BCUT2D eigenvalue weighted by Gasteiger charge is -2.16. The molecule has 0 aliphatic carbocycles. The van der Waals surface area contributed by atoms with E-state index in [2.05, 4.69) is 21.4 Å². The molecule has 36 heavy (non-hydrogen) atoms. The van der Waals surface area contributed by atoms with E-state index < -0.39 is 11.8 Å². The number of hydrogen-bond acceptors (Lipinski definition) is 6. The summed E-state index contributed by atoms with van der Waals surface area (Å²) >= 11 is 16.0. The molecule has 0 bridgehead atoms. The molecule has 10 heteroatoms. The number of hydrazine groups is 1. The summed E-state index contributed by atoms with van der Waals surface area (Å²) in [5, 5.41) is 1.74. The minimum atomic E-state index is -0.420. The number of benzene rings is 3. The number of thiocarbonyl (C=S) groups is 1. The third-order valence-electron chi connectivity index (χ3n) is 4.97. The summed E-state index contributed by atoms with van der Waals surface area (Å²) in [7, 11) is 0. The second-order valence-electron chi connectivity index (χ2n) is 7.50. The van der Waals surface area contributed by atoms with Crippen LogP contribution in [-0.2, 0) is 11.4 Å². The summed E-state index contributed by atoms with van der Waals surface area (Å²) in [6.07, 6.45) is 1.70. The van der Waals surface area contributed by atoms with Crippen LogP contribution in [0.1, 0.15) is 28.4 Å². The number of hydrogen-bond donors (Lipinski definition) is 1. The number of rotatable bonds is 8. The second-order valence-corrected chi connectivity index (χ2v) is 10.5. The van der Waals surface area contributed by atoms with E-state index in [-0.39, 0.29) is 4.32 Å². The topological polar surface area (TPSA) is 67.9 Å². The predicted octanol–water partition coefficient (Wildman–Crippen LogP) is 6.63. The van der Waals surface area contributed by atoms with E-state index in [0.717, 1.165) is 22.3 Å². The number of halogens is 2. The maximum Gasteiger partial charge on any atom is 0.285 e. The molecular weight excluding hydrogens is 584 g/mol. The Kier molecular flexibility index (Phi) is 8.68. The van der Waals surface area contributed by atoms with E-state index in [9.17, 15) is 9.59 Å². The van der Waals surface area contributed by atoms with Crippen LogP contribution in [0.5, 0.6) is 11.5 Å². The van der Waals surface area contributed by atoms with Gasteiger partial charge in [0, 0.05) is 10.6 Å². The average Bonchev–Trinajstić information content (AvgIpc) is 3.12. The molecule has 184 valence electrons. The molecule has 1 saturated heterocycles. The van der Waals surface area contributed by atoms with Gasteiger partial charge in [0.2, 0.25) is 0 Å². The van der Waals surface area contributed by atoms with Crippen LogP contribution < -0.4 is 14.9 Å². The lowest BCUT2D eigenvalue weighted by atomic mass is 10.1. The number of carbonyl (C=O) groups is 2. The molecule has 1 heterocycles. The fourth-order valence-corrected chi connectivity index (χ4v) is 5.16. The van der Waals surface area contributed by atoms with Crippen LogP contribution in [0, 0.1) is 0 Å². The van der Waals surface area contributed by atoms with Gasteiger partial charge in [0.15, 0.2) is 15.8 Å². The van der Waals surface area contributed by atoms with Crippen molar-refractivity contribution in [2.24, 2.45) is 0 Å². The maximum absolute atomic E-state index is 13.0.